The van der Waals surface area contributed by atoms with E-state index in [-0.39, 0.29) is 16.9 Å². The van der Waals surface area contributed by atoms with E-state index in [1.165, 1.54) is 48.5 Å². The molecule has 2 amide bonds. The monoisotopic (exact) mass is 460 g/mol. The van der Waals surface area contributed by atoms with Crippen molar-refractivity contribution in [3.05, 3.63) is 101 Å². The van der Waals surface area contributed by atoms with Crippen molar-refractivity contribution in [1.82, 2.24) is 0 Å². The summed E-state index contributed by atoms with van der Waals surface area (Å²) in [5.41, 5.74) is -0.689. The van der Waals surface area contributed by atoms with Crippen LogP contribution in [0.1, 0.15) is 29.7 Å². The van der Waals surface area contributed by atoms with E-state index in [0.717, 1.165) is 22.3 Å². The molecule has 2 atom stereocenters. The highest BCUT2D eigenvalue weighted by Crippen LogP contribution is 2.54. The number of hydrogen-bond acceptors (Lipinski definition) is 2. The van der Waals surface area contributed by atoms with Crippen LogP contribution in [0, 0.1) is 24.8 Å². The van der Waals surface area contributed by atoms with Gasteiger partial charge in [-0.25, -0.2) is 9.64 Å². The molecule has 1 aliphatic rings. The molecule has 0 aromatic heterocycles. The minimum atomic E-state index is -4.81. The van der Waals surface area contributed by atoms with Crippen molar-refractivity contribution in [1.29, 1.82) is 5.26 Å². The highest BCUT2D eigenvalue weighted by Gasteiger charge is 2.69. The average Bonchev–Trinajstić information content (AvgIpc) is 3.07. The number of rotatable bonds is 3. The van der Waals surface area contributed by atoms with Crippen LogP contribution in [0.4, 0.5) is 35.0 Å². The summed E-state index contributed by atoms with van der Waals surface area (Å²) < 4.78 is 44.8. The van der Waals surface area contributed by atoms with E-state index in [9.17, 15) is 18.0 Å². The zero-order valence-corrected chi connectivity index (χ0v) is 18.3. The fourth-order valence-corrected chi connectivity index (χ4v) is 4.40. The van der Waals surface area contributed by atoms with Gasteiger partial charge in [0.1, 0.15) is 0 Å². The van der Waals surface area contributed by atoms with Gasteiger partial charge in [0, 0.05) is 11.4 Å². The molecular weight excluding hydrogens is 441 g/mol. The molecule has 0 unspecified atom stereocenters. The molecular formula is C26H19F3N4O. The zero-order valence-electron chi connectivity index (χ0n) is 18.3. The summed E-state index contributed by atoms with van der Waals surface area (Å²) >= 11 is 0. The second kappa shape index (κ2) is 8.24. The summed E-state index contributed by atoms with van der Waals surface area (Å²) in [6.07, 6.45) is -4.81. The third kappa shape index (κ3) is 3.54. The number of urea groups is 1. The van der Waals surface area contributed by atoms with Gasteiger partial charge in [-0.05, 0) is 55.8 Å². The van der Waals surface area contributed by atoms with Gasteiger partial charge in [-0.15, -0.1) is 0 Å². The average molecular weight is 460 g/mol. The summed E-state index contributed by atoms with van der Waals surface area (Å²) in [5.74, 6) is 0. The van der Waals surface area contributed by atoms with Gasteiger partial charge in [0.2, 0.25) is 0 Å². The Hall–Kier alpha value is -4.30. The van der Waals surface area contributed by atoms with Crippen molar-refractivity contribution in [3.63, 3.8) is 0 Å². The van der Waals surface area contributed by atoms with E-state index in [4.69, 9.17) is 11.8 Å². The number of carbonyl (C=O) groups excluding carboxylic acids is 1. The molecule has 1 heterocycles. The minimum Gasteiger partial charge on any atom is -0.284 e. The summed E-state index contributed by atoms with van der Waals surface area (Å²) in [7, 11) is 0. The highest BCUT2D eigenvalue weighted by atomic mass is 19.4. The lowest BCUT2D eigenvalue weighted by Crippen LogP contribution is -2.57. The van der Waals surface area contributed by atoms with Crippen molar-refractivity contribution in [2.24, 2.45) is 0 Å². The second-order valence-electron chi connectivity index (χ2n) is 8.24. The van der Waals surface area contributed by atoms with E-state index in [1.807, 2.05) is 6.07 Å². The Morgan fingerprint density at radius 2 is 1.65 bits per heavy atom. The molecule has 3 aromatic rings. The third-order valence-electron chi connectivity index (χ3n) is 6.10. The fraction of sp³-hybridized carbons (Fsp3) is 0.192. The molecule has 1 fully saturated rings. The highest BCUT2D eigenvalue weighted by molar-refractivity contribution is 6.09. The minimum absolute atomic E-state index is 0.0294. The van der Waals surface area contributed by atoms with E-state index in [0.29, 0.717) is 11.3 Å². The third-order valence-corrected chi connectivity index (χ3v) is 6.10. The number of anilines is 2. The predicted octanol–water partition coefficient (Wildman–Crippen LogP) is 6.93. The first kappa shape index (κ1) is 22.9. The molecule has 1 saturated heterocycles. The Morgan fingerprint density at radius 3 is 2.18 bits per heavy atom. The maximum atomic E-state index is 14.9. The van der Waals surface area contributed by atoms with Crippen molar-refractivity contribution in [2.75, 3.05) is 9.80 Å². The quantitative estimate of drug-likeness (QED) is 0.398. The van der Waals surface area contributed by atoms with Crippen molar-refractivity contribution >= 4 is 23.1 Å². The predicted molar refractivity (Wildman–Crippen MR) is 123 cm³/mol. The maximum Gasteiger partial charge on any atom is 0.414 e. The van der Waals surface area contributed by atoms with Crippen LogP contribution < -0.4 is 9.80 Å². The Labute approximate surface area is 195 Å². The number of amides is 2. The molecule has 0 bridgehead atoms. The number of hydrogen-bond donors (Lipinski definition) is 0. The van der Waals surface area contributed by atoms with Crippen LogP contribution >= 0.6 is 0 Å². The van der Waals surface area contributed by atoms with Gasteiger partial charge >= 0.3 is 12.2 Å². The Bertz CT molecular complexity index is 1320. The lowest BCUT2D eigenvalue weighted by Gasteiger charge is -2.40. The number of nitriles is 1. The van der Waals surface area contributed by atoms with Crippen molar-refractivity contribution < 1.29 is 18.0 Å². The molecule has 0 radical (unpaired) electrons. The molecule has 0 spiro atoms. The molecule has 8 heteroatoms. The van der Waals surface area contributed by atoms with E-state index < -0.39 is 23.8 Å². The first-order chi connectivity index (χ1) is 16.1. The summed E-state index contributed by atoms with van der Waals surface area (Å²) in [6, 6.07) is 17.7. The topological polar surface area (TPSA) is 51.7 Å². The summed E-state index contributed by atoms with van der Waals surface area (Å²) in [6.45, 7) is 9.94. The van der Waals surface area contributed by atoms with E-state index in [1.54, 1.807) is 31.2 Å². The van der Waals surface area contributed by atoms with Gasteiger partial charge in [-0.2, -0.15) is 18.4 Å². The molecule has 0 N–H and O–H groups in total. The second-order valence-corrected chi connectivity index (χ2v) is 8.24. The van der Waals surface area contributed by atoms with Crippen LogP contribution in [0.25, 0.3) is 4.85 Å². The molecule has 170 valence electrons. The maximum absolute atomic E-state index is 14.9. The van der Waals surface area contributed by atoms with Crippen LogP contribution in [-0.2, 0) is 0 Å². The molecule has 34 heavy (non-hydrogen) atoms. The van der Waals surface area contributed by atoms with Gasteiger partial charge in [0.25, 0.3) is 0 Å². The normalized spacial score (nSPS) is 20.2. The largest absolute Gasteiger partial charge is 0.414 e. The molecule has 3 aromatic carbocycles. The lowest BCUT2D eigenvalue weighted by atomic mass is 9.84. The van der Waals surface area contributed by atoms with Gasteiger partial charge in [0.05, 0.1) is 24.2 Å². The number of benzene rings is 3. The molecule has 1 aliphatic heterocycles. The van der Waals surface area contributed by atoms with Crippen molar-refractivity contribution in [2.45, 2.75) is 31.6 Å². The number of alkyl halides is 3. The molecule has 5 nitrogen and oxygen atoms in total. The van der Waals surface area contributed by atoms with E-state index in [2.05, 4.69) is 4.85 Å². The van der Waals surface area contributed by atoms with Gasteiger partial charge in [-0.3, -0.25) is 9.80 Å². The summed E-state index contributed by atoms with van der Waals surface area (Å²) in [5, 5.41) is 9.09. The smallest absolute Gasteiger partial charge is 0.284 e. The number of halogens is 3. The Morgan fingerprint density at radius 1 is 1.03 bits per heavy atom. The SMILES string of the molecule is [C-]#[N+]c1ccc(N2C(=O)N(c3ccc(C#N)cc3)[C@](C)(C(F)(F)F)[C@@H]2c2cccc(C)c2)cc1. The first-order valence-corrected chi connectivity index (χ1v) is 10.4. The van der Waals surface area contributed by atoms with Crippen LogP contribution in [0.3, 0.4) is 0 Å². The fourth-order valence-electron chi connectivity index (χ4n) is 4.40. The van der Waals surface area contributed by atoms with Crippen LogP contribution in [0.2, 0.25) is 0 Å². The van der Waals surface area contributed by atoms with Crippen LogP contribution in [0.15, 0.2) is 72.8 Å². The number of nitrogens with zero attached hydrogens (tertiary/aromatic N) is 4. The first-order valence-electron chi connectivity index (χ1n) is 10.4. The number of aryl methyl sites for hydroxylation is 1. The summed E-state index contributed by atoms with van der Waals surface area (Å²) in [4.78, 5) is 19.0. The zero-order chi connectivity index (χ0) is 24.7. The van der Waals surface area contributed by atoms with Gasteiger partial charge < -0.3 is 0 Å². The lowest BCUT2D eigenvalue weighted by molar-refractivity contribution is -0.182. The van der Waals surface area contributed by atoms with Crippen LogP contribution in [0.5, 0.6) is 0 Å². The number of carbonyl (C=O) groups is 1. The van der Waals surface area contributed by atoms with Crippen molar-refractivity contribution in [3.8, 4) is 6.07 Å². The Kier molecular flexibility index (Phi) is 5.54. The Balaban J connectivity index is 2.00. The standard InChI is InChI=1S/C26H19F3N4O/c1-17-5-4-6-19(15-17)23-25(2,26(27,28)29)33(22-11-7-18(16-30)8-12-22)24(34)32(23)21-13-9-20(31-3)10-14-21/h4-15,23H,1-2H3/t23-,25-/m0/s1. The van der Waals surface area contributed by atoms with E-state index >= 15 is 0 Å². The van der Waals surface area contributed by atoms with Crippen LogP contribution in [-0.4, -0.2) is 17.7 Å². The molecule has 0 aliphatic carbocycles. The molecule has 4 rings (SSSR count). The molecule has 0 saturated carbocycles. The van der Waals surface area contributed by atoms with Gasteiger partial charge in [-0.1, -0.05) is 42.0 Å². The van der Waals surface area contributed by atoms with Gasteiger partial charge in [0.15, 0.2) is 11.2 Å².